The van der Waals surface area contributed by atoms with E-state index in [1.807, 2.05) is 0 Å². The average molecular weight is 241 g/mol. The highest BCUT2D eigenvalue weighted by atomic mass is 16.5. The van der Waals surface area contributed by atoms with Crippen LogP contribution >= 0.6 is 0 Å². The molecule has 1 aliphatic carbocycles. The molecule has 0 radical (unpaired) electrons. The monoisotopic (exact) mass is 241 g/mol. The fraction of sp³-hybridized carbons (Fsp3) is 0.929. The molecule has 0 heterocycles. The Morgan fingerprint density at radius 3 is 2.35 bits per heavy atom. The molecule has 3 heteroatoms. The first-order valence-electron chi connectivity index (χ1n) is 7.01. The number of ether oxygens (including phenoxy) is 1. The molecule has 0 amide bonds. The minimum Gasteiger partial charge on any atom is -0.462 e. The molecule has 0 aromatic carbocycles. The van der Waals surface area contributed by atoms with E-state index < -0.39 is 0 Å². The summed E-state index contributed by atoms with van der Waals surface area (Å²) in [6.07, 6.45) is 7.01. The fourth-order valence-corrected chi connectivity index (χ4v) is 2.80. The van der Waals surface area contributed by atoms with Crippen LogP contribution < -0.4 is 5.73 Å². The van der Waals surface area contributed by atoms with Gasteiger partial charge in [-0.3, -0.25) is 4.79 Å². The van der Waals surface area contributed by atoms with Crippen molar-refractivity contribution >= 4 is 5.97 Å². The number of carbonyl (C=O) groups excluding carboxylic acids is 1. The molecule has 0 aliphatic heterocycles. The van der Waals surface area contributed by atoms with Gasteiger partial charge in [0.25, 0.3) is 0 Å². The number of nitrogens with two attached hydrogens (primary N) is 1. The third-order valence-electron chi connectivity index (χ3n) is 3.52. The highest BCUT2D eigenvalue weighted by molar-refractivity contribution is 5.69. The molecule has 0 bridgehead atoms. The van der Waals surface area contributed by atoms with Crippen LogP contribution in [0.25, 0.3) is 0 Å². The first-order valence-corrected chi connectivity index (χ1v) is 7.01. The van der Waals surface area contributed by atoms with Crippen LogP contribution in [-0.2, 0) is 9.53 Å². The maximum absolute atomic E-state index is 11.6. The lowest BCUT2D eigenvalue weighted by Gasteiger charge is -2.31. The zero-order valence-electron chi connectivity index (χ0n) is 11.3. The molecule has 0 spiro atoms. The predicted molar refractivity (Wildman–Crippen MR) is 69.6 cm³/mol. The molecule has 2 N–H and O–H groups in total. The lowest BCUT2D eigenvalue weighted by atomic mass is 9.82. The number of esters is 1. The summed E-state index contributed by atoms with van der Waals surface area (Å²) in [6, 6.07) is 0. The summed E-state index contributed by atoms with van der Waals surface area (Å²) >= 11 is 0. The second-order valence-electron chi connectivity index (χ2n) is 5.63. The van der Waals surface area contributed by atoms with E-state index in [1.54, 1.807) is 0 Å². The number of hydrogen-bond acceptors (Lipinski definition) is 3. The van der Waals surface area contributed by atoms with Gasteiger partial charge in [-0.2, -0.15) is 0 Å². The van der Waals surface area contributed by atoms with E-state index in [4.69, 9.17) is 10.5 Å². The molecule has 100 valence electrons. The van der Waals surface area contributed by atoms with Gasteiger partial charge in [-0.1, -0.05) is 20.3 Å². The third kappa shape index (κ3) is 6.06. The van der Waals surface area contributed by atoms with Gasteiger partial charge in [-0.15, -0.1) is 0 Å². The van der Waals surface area contributed by atoms with Gasteiger partial charge in [0.2, 0.25) is 0 Å². The van der Waals surface area contributed by atoms with Crippen molar-refractivity contribution in [2.75, 3.05) is 6.54 Å². The second-order valence-corrected chi connectivity index (χ2v) is 5.63. The van der Waals surface area contributed by atoms with Crippen LogP contribution in [0.1, 0.15) is 58.8 Å². The Bertz CT molecular complexity index is 220. The van der Waals surface area contributed by atoms with Crippen molar-refractivity contribution in [3.63, 3.8) is 0 Å². The summed E-state index contributed by atoms with van der Waals surface area (Å²) in [5.41, 5.74) is 5.41. The Morgan fingerprint density at radius 2 is 1.76 bits per heavy atom. The highest BCUT2D eigenvalue weighted by Gasteiger charge is 2.26. The van der Waals surface area contributed by atoms with Crippen molar-refractivity contribution in [1.29, 1.82) is 0 Å². The van der Waals surface area contributed by atoms with E-state index in [9.17, 15) is 4.79 Å². The molecule has 2 atom stereocenters. The normalized spacial score (nSPS) is 29.0. The highest BCUT2D eigenvalue weighted by Crippen LogP contribution is 2.30. The van der Waals surface area contributed by atoms with Gasteiger partial charge in [0, 0.05) is 6.42 Å². The Hall–Kier alpha value is -0.570. The molecule has 0 aromatic rings. The molecule has 0 aromatic heterocycles. The van der Waals surface area contributed by atoms with Crippen molar-refractivity contribution in [3.05, 3.63) is 0 Å². The zero-order valence-corrected chi connectivity index (χ0v) is 11.3. The molecule has 0 saturated heterocycles. The molecule has 1 fully saturated rings. The van der Waals surface area contributed by atoms with Gasteiger partial charge in [0.05, 0.1) is 0 Å². The van der Waals surface area contributed by atoms with Gasteiger partial charge in [0.15, 0.2) is 0 Å². The smallest absolute Gasteiger partial charge is 0.306 e. The molecule has 1 rings (SSSR count). The van der Waals surface area contributed by atoms with Gasteiger partial charge in [-0.05, 0) is 50.5 Å². The molecule has 17 heavy (non-hydrogen) atoms. The van der Waals surface area contributed by atoms with Crippen LogP contribution in [0.4, 0.5) is 0 Å². The van der Waals surface area contributed by atoms with Crippen molar-refractivity contribution in [3.8, 4) is 0 Å². The number of hydrogen-bond donors (Lipinski definition) is 1. The number of carbonyl (C=O) groups is 1. The lowest BCUT2D eigenvalue weighted by molar-refractivity contribution is -0.152. The minimum atomic E-state index is -0.0201. The molecular weight excluding hydrogens is 214 g/mol. The standard InChI is InChI=1S/C14H27NO2/c1-11-8-12(2)10-13(9-11)17-14(16)6-4-3-5-7-15/h11-13H,3-10,15H2,1-2H3. The number of rotatable bonds is 6. The van der Waals surface area contributed by atoms with Crippen LogP contribution in [0.5, 0.6) is 0 Å². The van der Waals surface area contributed by atoms with Crippen LogP contribution in [0.3, 0.4) is 0 Å². The SMILES string of the molecule is CC1CC(C)CC(OC(=O)CCCCCN)C1. The van der Waals surface area contributed by atoms with Gasteiger partial charge in [-0.25, -0.2) is 0 Å². The minimum absolute atomic E-state index is 0.0201. The van der Waals surface area contributed by atoms with Gasteiger partial charge < -0.3 is 10.5 Å². The summed E-state index contributed by atoms with van der Waals surface area (Å²) in [6.45, 7) is 5.21. The molecular formula is C14H27NO2. The maximum Gasteiger partial charge on any atom is 0.306 e. The topological polar surface area (TPSA) is 52.3 Å². The predicted octanol–water partition coefficient (Wildman–Crippen LogP) is 2.87. The van der Waals surface area contributed by atoms with E-state index in [-0.39, 0.29) is 12.1 Å². The van der Waals surface area contributed by atoms with Gasteiger partial charge >= 0.3 is 5.97 Å². The average Bonchev–Trinajstić information content (AvgIpc) is 2.23. The summed E-state index contributed by atoms with van der Waals surface area (Å²) in [5, 5.41) is 0. The molecule has 3 nitrogen and oxygen atoms in total. The first kappa shape index (κ1) is 14.5. The largest absolute Gasteiger partial charge is 0.462 e. The third-order valence-corrected chi connectivity index (χ3v) is 3.52. The van der Waals surface area contributed by atoms with Crippen molar-refractivity contribution in [1.82, 2.24) is 0 Å². The molecule has 1 saturated carbocycles. The summed E-state index contributed by atoms with van der Waals surface area (Å²) in [4.78, 5) is 11.6. The van der Waals surface area contributed by atoms with Crippen molar-refractivity contribution < 1.29 is 9.53 Å². The van der Waals surface area contributed by atoms with Gasteiger partial charge in [0.1, 0.15) is 6.10 Å². The summed E-state index contributed by atoms with van der Waals surface area (Å²) in [5.74, 6) is 1.36. The Morgan fingerprint density at radius 1 is 1.12 bits per heavy atom. The molecule has 1 aliphatic rings. The van der Waals surface area contributed by atoms with E-state index in [0.717, 1.165) is 32.1 Å². The Kier molecular flexibility index (Phi) is 6.56. The van der Waals surface area contributed by atoms with Crippen LogP contribution in [0, 0.1) is 11.8 Å². The second kappa shape index (κ2) is 7.70. The van der Waals surface area contributed by atoms with E-state index in [1.165, 1.54) is 6.42 Å². The lowest BCUT2D eigenvalue weighted by Crippen LogP contribution is -2.28. The fourth-order valence-electron chi connectivity index (χ4n) is 2.80. The van der Waals surface area contributed by atoms with E-state index in [0.29, 0.717) is 24.8 Å². The Balaban J connectivity index is 2.16. The maximum atomic E-state index is 11.6. The van der Waals surface area contributed by atoms with E-state index in [2.05, 4.69) is 13.8 Å². The van der Waals surface area contributed by atoms with Crippen LogP contribution in [0.2, 0.25) is 0 Å². The summed E-state index contributed by atoms with van der Waals surface area (Å²) in [7, 11) is 0. The number of unbranched alkanes of at least 4 members (excludes halogenated alkanes) is 2. The Labute approximate surface area is 105 Å². The van der Waals surface area contributed by atoms with E-state index >= 15 is 0 Å². The first-order chi connectivity index (χ1) is 8.11. The zero-order chi connectivity index (χ0) is 12.7. The quantitative estimate of drug-likeness (QED) is 0.574. The van der Waals surface area contributed by atoms with Crippen LogP contribution in [0.15, 0.2) is 0 Å². The molecule has 2 unspecified atom stereocenters. The van der Waals surface area contributed by atoms with Crippen molar-refractivity contribution in [2.24, 2.45) is 17.6 Å². The summed E-state index contributed by atoms with van der Waals surface area (Å²) < 4.78 is 5.54. The van der Waals surface area contributed by atoms with Crippen molar-refractivity contribution in [2.45, 2.75) is 64.9 Å². The van der Waals surface area contributed by atoms with Crippen LogP contribution in [-0.4, -0.2) is 18.6 Å².